The van der Waals surface area contributed by atoms with Crippen LogP contribution in [-0.2, 0) is 9.59 Å². The standard InChI is InChI=1S/C13H16N2O6/c1-2-8(13(18)19)3-6-12(17)14-10-7-9(15(20)21)4-5-11(10)16/h4-5,7-8,16H,2-3,6H2,1H3,(H,14,17)(H,18,19)/t8-/m0/s1. The van der Waals surface area contributed by atoms with Crippen molar-refractivity contribution in [2.45, 2.75) is 26.2 Å². The highest BCUT2D eigenvalue weighted by Crippen LogP contribution is 2.28. The fourth-order valence-corrected chi connectivity index (χ4v) is 1.76. The Bertz CT molecular complexity index is 558. The molecule has 1 atom stereocenters. The number of non-ortho nitro benzene ring substituents is 1. The van der Waals surface area contributed by atoms with Gasteiger partial charge in [-0.15, -0.1) is 0 Å². The lowest BCUT2D eigenvalue weighted by Crippen LogP contribution is -2.17. The van der Waals surface area contributed by atoms with E-state index in [4.69, 9.17) is 5.11 Å². The van der Waals surface area contributed by atoms with Gasteiger partial charge in [0.25, 0.3) is 5.69 Å². The van der Waals surface area contributed by atoms with Crippen molar-refractivity contribution in [3.05, 3.63) is 28.3 Å². The predicted octanol–water partition coefficient (Wildman–Crippen LogP) is 2.13. The number of hydrogen-bond donors (Lipinski definition) is 3. The Morgan fingerprint density at radius 1 is 1.43 bits per heavy atom. The van der Waals surface area contributed by atoms with E-state index in [0.29, 0.717) is 6.42 Å². The van der Waals surface area contributed by atoms with Crippen molar-refractivity contribution in [2.75, 3.05) is 5.32 Å². The lowest BCUT2D eigenvalue weighted by atomic mass is 10.0. The first-order valence-corrected chi connectivity index (χ1v) is 6.35. The second-order valence-electron chi connectivity index (χ2n) is 4.49. The zero-order valence-corrected chi connectivity index (χ0v) is 11.4. The summed E-state index contributed by atoms with van der Waals surface area (Å²) in [5.41, 5.74) is -0.336. The van der Waals surface area contributed by atoms with E-state index in [-0.39, 0.29) is 30.0 Å². The first-order chi connectivity index (χ1) is 9.85. The number of nitro groups is 1. The van der Waals surface area contributed by atoms with Gasteiger partial charge in [0, 0.05) is 18.6 Å². The normalized spacial score (nSPS) is 11.7. The van der Waals surface area contributed by atoms with Crippen molar-refractivity contribution >= 4 is 23.3 Å². The van der Waals surface area contributed by atoms with Crippen molar-refractivity contribution in [2.24, 2.45) is 5.92 Å². The quantitative estimate of drug-likeness (QED) is 0.401. The first kappa shape index (κ1) is 16.4. The molecule has 0 saturated heterocycles. The molecule has 0 fully saturated rings. The SMILES string of the molecule is CC[C@@H](CCC(=O)Nc1cc([N+](=O)[O-])ccc1O)C(=O)O. The molecule has 114 valence electrons. The smallest absolute Gasteiger partial charge is 0.306 e. The van der Waals surface area contributed by atoms with E-state index in [0.717, 1.165) is 18.2 Å². The van der Waals surface area contributed by atoms with E-state index in [1.54, 1.807) is 6.92 Å². The Morgan fingerprint density at radius 3 is 2.62 bits per heavy atom. The number of nitrogens with one attached hydrogen (secondary N) is 1. The maximum Gasteiger partial charge on any atom is 0.306 e. The third-order valence-electron chi connectivity index (χ3n) is 3.03. The van der Waals surface area contributed by atoms with Crippen molar-refractivity contribution in [1.82, 2.24) is 0 Å². The largest absolute Gasteiger partial charge is 0.506 e. The molecule has 0 unspecified atom stereocenters. The van der Waals surface area contributed by atoms with Crippen molar-refractivity contribution in [3.8, 4) is 5.75 Å². The molecule has 0 bridgehead atoms. The molecule has 0 aromatic heterocycles. The maximum absolute atomic E-state index is 11.7. The molecule has 0 radical (unpaired) electrons. The van der Waals surface area contributed by atoms with Crippen LogP contribution >= 0.6 is 0 Å². The highest BCUT2D eigenvalue weighted by atomic mass is 16.6. The number of carboxylic acid groups (broad SMARTS) is 1. The molecule has 0 saturated carbocycles. The number of phenols is 1. The Balaban J connectivity index is 2.68. The van der Waals surface area contributed by atoms with Crippen LogP contribution in [0.4, 0.5) is 11.4 Å². The summed E-state index contributed by atoms with van der Waals surface area (Å²) in [5.74, 6) is -2.39. The van der Waals surface area contributed by atoms with Crippen LogP contribution in [0, 0.1) is 16.0 Å². The number of nitro benzene ring substituents is 1. The molecular weight excluding hydrogens is 280 g/mol. The van der Waals surface area contributed by atoms with Gasteiger partial charge in [-0.2, -0.15) is 0 Å². The van der Waals surface area contributed by atoms with E-state index in [1.807, 2.05) is 0 Å². The number of rotatable bonds is 7. The van der Waals surface area contributed by atoms with Gasteiger partial charge in [0.05, 0.1) is 16.5 Å². The van der Waals surface area contributed by atoms with Gasteiger partial charge in [-0.1, -0.05) is 6.92 Å². The lowest BCUT2D eigenvalue weighted by molar-refractivity contribution is -0.384. The van der Waals surface area contributed by atoms with E-state index in [1.165, 1.54) is 0 Å². The lowest BCUT2D eigenvalue weighted by Gasteiger charge is -2.10. The van der Waals surface area contributed by atoms with E-state index < -0.39 is 22.7 Å². The van der Waals surface area contributed by atoms with Crippen molar-refractivity contribution in [3.63, 3.8) is 0 Å². The molecule has 0 heterocycles. The summed E-state index contributed by atoms with van der Waals surface area (Å²) < 4.78 is 0. The average molecular weight is 296 g/mol. The summed E-state index contributed by atoms with van der Waals surface area (Å²) >= 11 is 0. The Labute approximate surface area is 120 Å². The zero-order chi connectivity index (χ0) is 16.0. The number of amides is 1. The second kappa shape index (κ2) is 7.22. The van der Waals surface area contributed by atoms with E-state index >= 15 is 0 Å². The molecule has 0 aliphatic rings. The van der Waals surface area contributed by atoms with Crippen molar-refractivity contribution < 1.29 is 24.7 Å². The number of carbonyl (C=O) groups is 2. The van der Waals surface area contributed by atoms with Gasteiger partial charge >= 0.3 is 5.97 Å². The highest BCUT2D eigenvalue weighted by Gasteiger charge is 2.18. The number of carboxylic acids is 1. The van der Waals surface area contributed by atoms with Crippen LogP contribution in [0.15, 0.2) is 18.2 Å². The van der Waals surface area contributed by atoms with Crippen LogP contribution in [0.1, 0.15) is 26.2 Å². The van der Waals surface area contributed by atoms with E-state index in [9.17, 15) is 24.8 Å². The number of carbonyl (C=O) groups excluding carboxylic acids is 1. The molecule has 8 heteroatoms. The summed E-state index contributed by atoms with van der Waals surface area (Å²) in [6.45, 7) is 1.71. The molecular formula is C13H16N2O6. The van der Waals surface area contributed by atoms with Crippen LogP contribution in [0.25, 0.3) is 0 Å². The Kier molecular flexibility index (Phi) is 5.65. The summed E-state index contributed by atoms with van der Waals surface area (Å²) in [4.78, 5) is 32.5. The van der Waals surface area contributed by atoms with Crippen molar-refractivity contribution in [1.29, 1.82) is 0 Å². The average Bonchev–Trinajstić information content (AvgIpc) is 2.41. The number of hydrogen-bond acceptors (Lipinski definition) is 5. The monoisotopic (exact) mass is 296 g/mol. The van der Waals surface area contributed by atoms with Gasteiger partial charge in [0.2, 0.25) is 5.91 Å². The molecule has 0 aliphatic heterocycles. The molecule has 1 aromatic carbocycles. The Hall–Kier alpha value is -2.64. The Morgan fingerprint density at radius 2 is 2.10 bits per heavy atom. The number of aliphatic carboxylic acids is 1. The van der Waals surface area contributed by atoms with Crippen LogP contribution in [-0.4, -0.2) is 27.0 Å². The van der Waals surface area contributed by atoms with Crippen LogP contribution in [0.3, 0.4) is 0 Å². The van der Waals surface area contributed by atoms with Gasteiger partial charge < -0.3 is 15.5 Å². The minimum Gasteiger partial charge on any atom is -0.506 e. The molecule has 8 nitrogen and oxygen atoms in total. The first-order valence-electron chi connectivity index (χ1n) is 6.35. The van der Waals surface area contributed by atoms with Gasteiger partial charge in [-0.3, -0.25) is 19.7 Å². The topological polar surface area (TPSA) is 130 Å². The van der Waals surface area contributed by atoms with Gasteiger partial charge in [0.1, 0.15) is 5.75 Å². The third kappa shape index (κ3) is 4.75. The number of nitrogens with zero attached hydrogens (tertiary/aromatic N) is 1. The van der Waals surface area contributed by atoms with Crippen LogP contribution in [0.2, 0.25) is 0 Å². The van der Waals surface area contributed by atoms with Gasteiger partial charge in [0.15, 0.2) is 0 Å². The molecule has 0 aliphatic carbocycles. The van der Waals surface area contributed by atoms with Crippen LogP contribution in [0.5, 0.6) is 5.75 Å². The molecule has 0 spiro atoms. The van der Waals surface area contributed by atoms with E-state index in [2.05, 4.69) is 5.32 Å². The van der Waals surface area contributed by atoms with Gasteiger partial charge in [-0.25, -0.2) is 0 Å². The molecule has 1 amide bonds. The number of aromatic hydroxyl groups is 1. The number of anilines is 1. The summed E-state index contributed by atoms with van der Waals surface area (Å²) in [6.07, 6.45) is 0.519. The molecule has 21 heavy (non-hydrogen) atoms. The molecule has 1 aromatic rings. The second-order valence-corrected chi connectivity index (χ2v) is 4.49. The molecule has 1 rings (SSSR count). The van der Waals surface area contributed by atoms with Gasteiger partial charge in [-0.05, 0) is 18.9 Å². The maximum atomic E-state index is 11.7. The number of phenolic OH excluding ortho intramolecular Hbond substituents is 1. The predicted molar refractivity (Wildman–Crippen MR) is 74.0 cm³/mol. The third-order valence-corrected chi connectivity index (χ3v) is 3.03. The zero-order valence-electron chi connectivity index (χ0n) is 11.4. The fraction of sp³-hybridized carbons (Fsp3) is 0.385. The minimum absolute atomic E-state index is 0.0487. The summed E-state index contributed by atoms with van der Waals surface area (Å²) in [5, 5.41) is 31.4. The van der Waals surface area contributed by atoms with Crippen LogP contribution < -0.4 is 5.32 Å². The summed E-state index contributed by atoms with van der Waals surface area (Å²) in [7, 11) is 0. The summed E-state index contributed by atoms with van der Waals surface area (Å²) in [6, 6.07) is 3.27. The minimum atomic E-state index is -0.969. The molecule has 3 N–H and O–H groups in total. The number of benzene rings is 1. The fourth-order valence-electron chi connectivity index (χ4n) is 1.76. The highest BCUT2D eigenvalue weighted by molar-refractivity contribution is 5.92.